The minimum absolute atomic E-state index is 0. The van der Waals surface area contributed by atoms with E-state index in [9.17, 15) is 39.6 Å². The highest BCUT2D eigenvalue weighted by atomic mass is 127. The number of nitrogens with one attached hydrogen (secondary N) is 2. The maximum absolute atomic E-state index is 11.8. The average Bonchev–Trinajstić information content (AvgIpc) is 1.79. The lowest BCUT2D eigenvalue weighted by atomic mass is 9.83. The lowest BCUT2D eigenvalue weighted by Crippen LogP contribution is -2.60. The van der Waals surface area contributed by atoms with Crippen LogP contribution in [-0.4, -0.2) is 152 Å². The molecule has 90 heavy (non-hydrogen) atoms. The number of ether oxygens (including phenoxy) is 10. The van der Waals surface area contributed by atoms with Crippen molar-refractivity contribution in [2.45, 2.75) is 138 Å². The van der Waals surface area contributed by atoms with Crippen molar-refractivity contribution in [2.75, 3.05) is 19.8 Å². The molecule has 3 saturated heterocycles. The van der Waals surface area contributed by atoms with E-state index in [-0.39, 0.29) is 74.6 Å². The molecular formula is C64H76Cl3IN4O18. The number of esters is 4. The summed E-state index contributed by atoms with van der Waals surface area (Å²) in [6, 6.07) is 23.7. The molecule has 488 valence electrons. The highest BCUT2D eigenvalue weighted by Crippen LogP contribution is 2.40. The van der Waals surface area contributed by atoms with Gasteiger partial charge < -0.3 is 77.8 Å². The van der Waals surface area contributed by atoms with E-state index in [2.05, 4.69) is 42.5 Å². The molecule has 0 radical (unpaired) electrons. The number of carbonyl (C=O) groups is 4. The number of benzene rings is 3. The van der Waals surface area contributed by atoms with Crippen molar-refractivity contribution < 1.29 is 87.0 Å². The minimum atomic E-state index is -1.52. The van der Waals surface area contributed by atoms with Gasteiger partial charge in [0.1, 0.15) is 66.2 Å². The zero-order chi connectivity index (χ0) is 63.7. The second-order valence-electron chi connectivity index (χ2n) is 21.5. The summed E-state index contributed by atoms with van der Waals surface area (Å²) in [4.78, 5) is 60.6. The highest BCUT2D eigenvalue weighted by Gasteiger charge is 2.48. The molecule has 0 bridgehead atoms. The van der Waals surface area contributed by atoms with E-state index in [4.69, 9.17) is 82.2 Å². The number of aromatic nitrogens is 4. The van der Waals surface area contributed by atoms with Crippen molar-refractivity contribution in [1.82, 2.24) is 19.9 Å². The quantitative estimate of drug-likeness (QED) is 0.0316. The van der Waals surface area contributed by atoms with Crippen LogP contribution in [0.15, 0.2) is 104 Å². The van der Waals surface area contributed by atoms with Gasteiger partial charge in [0.2, 0.25) is 18.9 Å². The summed E-state index contributed by atoms with van der Waals surface area (Å²) in [6.07, 6.45) is -3.52. The van der Waals surface area contributed by atoms with Crippen LogP contribution in [0.3, 0.4) is 0 Å². The Morgan fingerprint density at radius 3 is 1.30 bits per heavy atom. The molecule has 15 atom stereocenters. The van der Waals surface area contributed by atoms with Crippen LogP contribution in [0, 0.1) is 27.2 Å². The number of rotatable bonds is 15. The van der Waals surface area contributed by atoms with Crippen molar-refractivity contribution in [1.29, 1.82) is 0 Å². The summed E-state index contributed by atoms with van der Waals surface area (Å²) in [6.45, 7) is 12.9. The lowest BCUT2D eigenvalue weighted by molar-refractivity contribution is -0.277. The Balaban J connectivity index is 0.000000215. The van der Waals surface area contributed by atoms with Crippen LogP contribution in [0.4, 0.5) is 0 Å². The summed E-state index contributed by atoms with van der Waals surface area (Å²) in [7, 11) is 0. The highest BCUT2D eigenvalue weighted by molar-refractivity contribution is 14.1. The van der Waals surface area contributed by atoms with Gasteiger partial charge in [0.05, 0.1) is 33.9 Å². The molecule has 6 unspecified atom stereocenters. The van der Waals surface area contributed by atoms with Gasteiger partial charge in [-0.05, 0) is 112 Å². The lowest BCUT2D eigenvalue weighted by Gasteiger charge is -2.43. The molecule has 0 amide bonds. The SMILES string of the molecule is C.C.CC(=O)OCC1O[C@H](Oc2ccc(-c3cnc4[nH]ccc4c3)cc2Cl)C(OC(C)=O)[C@@H](C)[C@@H]1C.CC(=O)OCC1O[C@H](Oc2ccc(I)cc2Cl)C(OC(C)=O)[C@@H](C)[C@@H]1C.OCC1O[C@H](Oc2ccc(-c3cnc4[nH]ccc4c3)cc2Cl)C(O)[C@@H](O)[C@@H]1O. The summed E-state index contributed by atoms with van der Waals surface area (Å²) in [5.74, 6) is -0.817. The molecule has 26 heteroatoms. The summed E-state index contributed by atoms with van der Waals surface area (Å²) >= 11 is 21.3. The third kappa shape index (κ3) is 18.2. The number of hydrogen-bond acceptors (Lipinski definition) is 20. The molecule has 10 rings (SSSR count). The Bertz CT molecular complexity index is 3550. The Kier molecular flexibility index (Phi) is 26.5. The third-order valence-electron chi connectivity index (χ3n) is 15.3. The predicted octanol–water partition coefficient (Wildman–Crippen LogP) is 10.9. The molecule has 3 aliphatic rings. The van der Waals surface area contributed by atoms with Crippen molar-refractivity contribution in [3.05, 3.63) is 122 Å². The Hall–Kier alpha value is -6.36. The molecule has 3 aliphatic heterocycles. The number of carbonyl (C=O) groups excluding carboxylic acids is 4. The number of aliphatic hydroxyl groups is 4. The largest absolute Gasteiger partial charge is 0.463 e. The van der Waals surface area contributed by atoms with E-state index < -0.39 is 86.1 Å². The maximum atomic E-state index is 11.8. The fourth-order valence-electron chi connectivity index (χ4n) is 10.1. The van der Waals surface area contributed by atoms with E-state index in [1.54, 1.807) is 54.9 Å². The summed E-state index contributed by atoms with van der Waals surface area (Å²) < 4.78 is 57.3. The first-order chi connectivity index (χ1) is 41.9. The van der Waals surface area contributed by atoms with E-state index in [0.29, 0.717) is 21.5 Å². The van der Waals surface area contributed by atoms with Crippen LogP contribution in [0.25, 0.3) is 44.3 Å². The summed E-state index contributed by atoms with van der Waals surface area (Å²) in [5.41, 5.74) is 5.08. The normalized spacial score (nSPS) is 26.1. The summed E-state index contributed by atoms with van der Waals surface area (Å²) in [5, 5.41) is 42.1. The van der Waals surface area contributed by atoms with E-state index in [1.165, 1.54) is 27.7 Å². The fourth-order valence-corrected chi connectivity index (χ4v) is 11.4. The predicted molar refractivity (Wildman–Crippen MR) is 345 cm³/mol. The van der Waals surface area contributed by atoms with E-state index in [1.807, 2.05) is 76.5 Å². The standard InChI is InChI=1S/C25H27ClN2O6.C19H19ClN2O6.C18H22ClIO6.2CH4/c1-13-14(2)23(32-16(4)30)25(34-22(13)12-31-15(3)29)33-21-6-5-17(10-20(21)26)19-9-18-7-8-27-24(18)28-11-19;20-12-6-9(11-5-10-3-4-21-18(10)22-7-11)1-2-13(12)27-19-17(26)16(25)15(24)14(8-23)28-19;1-9-10(2)17(24-12(4)22)18(26-16(9)8-23-11(3)21)25-15-6-5-13(20)7-14(15)19;;/h5-11,13-14,22-23,25H,12H2,1-4H3,(H,27,28);1-7,14-17,19,23-26H,8H2,(H,21,22);5-7,9-10,16-18H,8H2,1-4H3;2*1H4/t13-,14-,22?,23?,25-;14?,15-,16+,17?,19+;9-,10-,16?,17?,18-;;/m010../s1. The van der Waals surface area contributed by atoms with Crippen molar-refractivity contribution >= 4 is 103 Å². The van der Waals surface area contributed by atoms with Crippen LogP contribution in [-0.2, 0) is 52.3 Å². The molecule has 6 N–H and O–H groups in total. The van der Waals surface area contributed by atoms with Gasteiger partial charge in [-0.25, -0.2) is 9.97 Å². The van der Waals surface area contributed by atoms with Crippen LogP contribution >= 0.6 is 57.4 Å². The van der Waals surface area contributed by atoms with Gasteiger partial charge in [0, 0.05) is 89.8 Å². The Morgan fingerprint density at radius 2 is 0.911 bits per heavy atom. The zero-order valence-electron chi connectivity index (χ0n) is 49.0. The average molecular weight is 1420 g/mol. The number of pyridine rings is 2. The van der Waals surface area contributed by atoms with Crippen LogP contribution in [0.5, 0.6) is 17.2 Å². The number of halogens is 4. The van der Waals surface area contributed by atoms with Crippen molar-refractivity contribution in [3.8, 4) is 39.5 Å². The monoisotopic (exact) mass is 1420 g/mol. The van der Waals surface area contributed by atoms with E-state index in [0.717, 1.165) is 47.9 Å². The van der Waals surface area contributed by atoms with Crippen LogP contribution < -0.4 is 14.2 Å². The number of aliphatic hydroxyl groups excluding tert-OH is 4. The fraction of sp³-hybridized carbons (Fsp3) is 0.438. The number of hydrogen-bond donors (Lipinski definition) is 6. The molecule has 4 aromatic heterocycles. The van der Waals surface area contributed by atoms with Gasteiger partial charge in [-0.3, -0.25) is 19.2 Å². The van der Waals surface area contributed by atoms with Crippen LogP contribution in [0.1, 0.15) is 70.2 Å². The molecule has 7 heterocycles. The van der Waals surface area contributed by atoms with Gasteiger partial charge in [-0.2, -0.15) is 0 Å². The smallest absolute Gasteiger partial charge is 0.303 e. The number of H-pyrrole nitrogens is 2. The first kappa shape index (κ1) is 72.7. The van der Waals surface area contributed by atoms with Crippen molar-refractivity contribution in [3.63, 3.8) is 0 Å². The number of nitrogens with zero attached hydrogens (tertiary/aromatic N) is 2. The maximum Gasteiger partial charge on any atom is 0.303 e. The Morgan fingerprint density at radius 1 is 0.511 bits per heavy atom. The first-order valence-corrected chi connectivity index (χ1v) is 30.2. The second-order valence-corrected chi connectivity index (χ2v) is 23.9. The third-order valence-corrected chi connectivity index (χ3v) is 16.9. The molecule has 3 aromatic carbocycles. The van der Waals surface area contributed by atoms with Gasteiger partial charge in [-0.15, -0.1) is 0 Å². The van der Waals surface area contributed by atoms with Crippen molar-refractivity contribution in [2.24, 2.45) is 23.7 Å². The minimum Gasteiger partial charge on any atom is -0.463 e. The van der Waals surface area contributed by atoms with Gasteiger partial charge >= 0.3 is 23.9 Å². The molecule has 0 saturated carbocycles. The van der Waals surface area contributed by atoms with Gasteiger partial charge in [0.15, 0.2) is 12.2 Å². The Labute approximate surface area is 550 Å². The first-order valence-electron chi connectivity index (χ1n) is 28.0. The molecule has 3 fully saturated rings. The van der Waals surface area contributed by atoms with Crippen LogP contribution in [0.2, 0.25) is 15.1 Å². The number of aromatic amines is 2. The molecule has 7 aromatic rings. The topological polar surface area (TPSA) is 299 Å². The second kappa shape index (κ2) is 32.8. The van der Waals surface area contributed by atoms with Gasteiger partial charge in [-0.1, -0.05) is 89.5 Å². The molecule has 0 aliphatic carbocycles. The van der Waals surface area contributed by atoms with Gasteiger partial charge in [0.25, 0.3) is 0 Å². The molecular weight excluding hydrogens is 1350 g/mol. The van der Waals surface area contributed by atoms with E-state index >= 15 is 0 Å². The number of fused-ring (bicyclic) bond motifs is 2. The molecule has 22 nitrogen and oxygen atoms in total. The molecule has 0 spiro atoms. The zero-order valence-corrected chi connectivity index (χ0v) is 53.4.